The first kappa shape index (κ1) is 15.4. The zero-order valence-electron chi connectivity index (χ0n) is 12.2. The summed E-state index contributed by atoms with van der Waals surface area (Å²) in [7, 11) is 3.45. The van der Waals surface area contributed by atoms with Gasteiger partial charge in [-0.3, -0.25) is 4.79 Å². The molecule has 1 aliphatic rings. The number of methoxy groups -OCH3 is 1. The molecule has 0 bridgehead atoms. The van der Waals surface area contributed by atoms with E-state index in [9.17, 15) is 4.79 Å². The van der Waals surface area contributed by atoms with Crippen LogP contribution in [0.15, 0.2) is 0 Å². The van der Waals surface area contributed by atoms with E-state index in [2.05, 4.69) is 18.9 Å². The number of hydrogen-bond acceptors (Lipinski definition) is 4. The number of ether oxygens (including phenoxy) is 1. The van der Waals surface area contributed by atoms with Gasteiger partial charge in [-0.1, -0.05) is 13.3 Å². The van der Waals surface area contributed by atoms with E-state index in [0.717, 1.165) is 5.92 Å². The number of likely N-dealkylation sites (N-methyl/N-ethyl adjacent to an activating group) is 1. The number of hydrogen-bond donors (Lipinski definition) is 1. The van der Waals surface area contributed by atoms with Crippen molar-refractivity contribution in [3.05, 3.63) is 0 Å². The van der Waals surface area contributed by atoms with Gasteiger partial charge in [0.25, 0.3) is 0 Å². The van der Waals surface area contributed by atoms with Crippen LogP contribution in [0.1, 0.15) is 46.0 Å². The molecule has 0 aliphatic heterocycles. The highest BCUT2D eigenvalue weighted by atomic mass is 16.5. The molecule has 0 aromatic heterocycles. The Labute approximate surface area is 111 Å². The Morgan fingerprint density at radius 1 is 1.39 bits per heavy atom. The average molecular weight is 256 g/mol. The van der Waals surface area contributed by atoms with E-state index in [4.69, 9.17) is 10.5 Å². The van der Waals surface area contributed by atoms with Gasteiger partial charge in [0.15, 0.2) is 0 Å². The standard InChI is InChI=1S/C14H28N2O2/c1-5-11-6-8-12(9-7-11)16(3)10-14(2,15)13(17)18-4/h11-12H,5-10,15H2,1-4H3. The highest BCUT2D eigenvalue weighted by Gasteiger charge is 2.33. The first-order valence-corrected chi connectivity index (χ1v) is 6.98. The number of esters is 1. The fourth-order valence-electron chi connectivity index (χ4n) is 2.94. The summed E-state index contributed by atoms with van der Waals surface area (Å²) >= 11 is 0. The number of carbonyl (C=O) groups excluding carboxylic acids is 1. The zero-order chi connectivity index (χ0) is 13.8. The van der Waals surface area contributed by atoms with Crippen LogP contribution in [0, 0.1) is 5.92 Å². The smallest absolute Gasteiger partial charge is 0.326 e. The van der Waals surface area contributed by atoms with E-state index in [-0.39, 0.29) is 5.97 Å². The van der Waals surface area contributed by atoms with Crippen molar-refractivity contribution in [1.82, 2.24) is 4.90 Å². The molecular formula is C14H28N2O2. The minimum atomic E-state index is -0.912. The van der Waals surface area contributed by atoms with E-state index in [0.29, 0.717) is 12.6 Å². The molecule has 0 aromatic carbocycles. The van der Waals surface area contributed by atoms with E-state index in [1.165, 1.54) is 39.2 Å². The summed E-state index contributed by atoms with van der Waals surface area (Å²) in [5.41, 5.74) is 5.10. The molecule has 106 valence electrons. The Kier molecular flexibility index (Phi) is 5.60. The van der Waals surface area contributed by atoms with Crippen LogP contribution in [0.4, 0.5) is 0 Å². The quantitative estimate of drug-likeness (QED) is 0.762. The number of nitrogens with two attached hydrogens (primary N) is 1. The molecule has 1 unspecified atom stereocenters. The van der Waals surface area contributed by atoms with Crippen LogP contribution in [0.25, 0.3) is 0 Å². The molecule has 0 aromatic rings. The lowest BCUT2D eigenvalue weighted by Crippen LogP contribution is -2.55. The minimum Gasteiger partial charge on any atom is -0.468 e. The van der Waals surface area contributed by atoms with Gasteiger partial charge in [0.05, 0.1) is 7.11 Å². The lowest BCUT2D eigenvalue weighted by molar-refractivity contribution is -0.147. The van der Waals surface area contributed by atoms with Gasteiger partial charge >= 0.3 is 5.97 Å². The predicted molar refractivity (Wildman–Crippen MR) is 73.3 cm³/mol. The maximum Gasteiger partial charge on any atom is 0.326 e. The Morgan fingerprint density at radius 3 is 2.39 bits per heavy atom. The second-order valence-electron chi connectivity index (χ2n) is 5.91. The van der Waals surface area contributed by atoms with E-state index >= 15 is 0 Å². The molecule has 1 atom stereocenters. The number of rotatable bonds is 5. The molecule has 1 fully saturated rings. The molecule has 0 saturated heterocycles. The summed E-state index contributed by atoms with van der Waals surface area (Å²) in [6.45, 7) is 4.57. The molecule has 4 heteroatoms. The van der Waals surface area contributed by atoms with Gasteiger partial charge in [0, 0.05) is 12.6 Å². The van der Waals surface area contributed by atoms with Gasteiger partial charge in [0.2, 0.25) is 0 Å². The van der Waals surface area contributed by atoms with Gasteiger partial charge in [0.1, 0.15) is 5.54 Å². The van der Waals surface area contributed by atoms with Crippen LogP contribution in [0.5, 0.6) is 0 Å². The third-order valence-electron chi connectivity index (χ3n) is 4.25. The van der Waals surface area contributed by atoms with Gasteiger partial charge in [-0.25, -0.2) is 0 Å². The van der Waals surface area contributed by atoms with E-state index < -0.39 is 5.54 Å². The second kappa shape index (κ2) is 6.53. The van der Waals surface area contributed by atoms with Crippen LogP contribution in [0.3, 0.4) is 0 Å². The molecule has 0 radical (unpaired) electrons. The summed E-state index contributed by atoms with van der Waals surface area (Å²) in [4.78, 5) is 13.8. The highest BCUT2D eigenvalue weighted by Crippen LogP contribution is 2.29. The summed E-state index contributed by atoms with van der Waals surface area (Å²) in [6, 6.07) is 0.556. The lowest BCUT2D eigenvalue weighted by atomic mass is 9.83. The molecule has 0 amide bonds. The van der Waals surface area contributed by atoms with Crippen molar-refractivity contribution in [2.75, 3.05) is 20.7 Å². The van der Waals surface area contributed by atoms with Crippen molar-refractivity contribution in [2.45, 2.75) is 57.5 Å². The molecule has 0 heterocycles. The second-order valence-corrected chi connectivity index (χ2v) is 5.91. The van der Waals surface area contributed by atoms with Gasteiger partial charge in [-0.05, 0) is 45.6 Å². The Balaban J connectivity index is 2.46. The number of nitrogens with zero attached hydrogens (tertiary/aromatic N) is 1. The topological polar surface area (TPSA) is 55.6 Å². The van der Waals surface area contributed by atoms with E-state index in [1.807, 2.05) is 0 Å². The Morgan fingerprint density at radius 2 is 1.94 bits per heavy atom. The normalized spacial score (nSPS) is 27.9. The van der Waals surface area contributed by atoms with Crippen molar-refractivity contribution >= 4 is 5.97 Å². The zero-order valence-corrected chi connectivity index (χ0v) is 12.2. The fourth-order valence-corrected chi connectivity index (χ4v) is 2.94. The molecule has 2 N–H and O–H groups in total. The van der Waals surface area contributed by atoms with Crippen molar-refractivity contribution in [3.63, 3.8) is 0 Å². The van der Waals surface area contributed by atoms with Crippen LogP contribution in [-0.2, 0) is 9.53 Å². The predicted octanol–water partition coefficient (Wildman–Crippen LogP) is 1.78. The third kappa shape index (κ3) is 3.95. The van der Waals surface area contributed by atoms with Crippen LogP contribution < -0.4 is 5.73 Å². The van der Waals surface area contributed by atoms with E-state index in [1.54, 1.807) is 6.92 Å². The summed E-state index contributed by atoms with van der Waals surface area (Å²) in [6.07, 6.45) is 6.31. The first-order valence-electron chi connectivity index (χ1n) is 6.98. The van der Waals surface area contributed by atoms with Crippen LogP contribution in [0.2, 0.25) is 0 Å². The first-order chi connectivity index (χ1) is 8.40. The Hall–Kier alpha value is -0.610. The maximum atomic E-state index is 11.6. The summed E-state index contributed by atoms with van der Waals surface area (Å²) < 4.78 is 4.75. The van der Waals surface area contributed by atoms with Crippen molar-refractivity contribution < 1.29 is 9.53 Å². The average Bonchev–Trinajstić information content (AvgIpc) is 2.37. The van der Waals surface area contributed by atoms with Gasteiger partial charge in [-0.15, -0.1) is 0 Å². The molecule has 1 aliphatic carbocycles. The number of carbonyl (C=O) groups is 1. The molecule has 1 saturated carbocycles. The van der Waals surface area contributed by atoms with Crippen molar-refractivity contribution in [1.29, 1.82) is 0 Å². The van der Waals surface area contributed by atoms with Crippen molar-refractivity contribution in [3.8, 4) is 0 Å². The Bertz CT molecular complexity index is 271. The molecule has 4 nitrogen and oxygen atoms in total. The highest BCUT2D eigenvalue weighted by molar-refractivity contribution is 5.80. The monoisotopic (exact) mass is 256 g/mol. The van der Waals surface area contributed by atoms with Crippen LogP contribution in [-0.4, -0.2) is 43.2 Å². The van der Waals surface area contributed by atoms with Gasteiger partial charge in [-0.2, -0.15) is 0 Å². The SMILES string of the molecule is CCC1CCC(N(C)CC(C)(N)C(=O)OC)CC1. The minimum absolute atomic E-state index is 0.336. The summed E-state index contributed by atoms with van der Waals surface area (Å²) in [5, 5.41) is 0. The largest absolute Gasteiger partial charge is 0.468 e. The maximum absolute atomic E-state index is 11.6. The molecular weight excluding hydrogens is 228 g/mol. The third-order valence-corrected chi connectivity index (χ3v) is 4.25. The fraction of sp³-hybridized carbons (Fsp3) is 0.929. The molecule has 1 rings (SSSR count). The lowest BCUT2D eigenvalue weighted by Gasteiger charge is -2.37. The molecule has 0 spiro atoms. The van der Waals surface area contributed by atoms with Crippen molar-refractivity contribution in [2.24, 2.45) is 11.7 Å². The van der Waals surface area contributed by atoms with Gasteiger partial charge < -0.3 is 15.4 Å². The van der Waals surface area contributed by atoms with Crippen LogP contribution >= 0.6 is 0 Å². The summed E-state index contributed by atoms with van der Waals surface area (Å²) in [5.74, 6) is 0.552. The molecule has 18 heavy (non-hydrogen) atoms.